The Morgan fingerprint density at radius 3 is 3.20 bits per heavy atom. The summed E-state index contributed by atoms with van der Waals surface area (Å²) in [5.41, 5.74) is 1.24. The molecule has 5 nitrogen and oxygen atoms in total. The molecule has 4 rings (SSSR count). The van der Waals surface area contributed by atoms with Crippen molar-refractivity contribution in [3.8, 4) is 0 Å². The van der Waals surface area contributed by atoms with E-state index in [1.165, 1.54) is 10.4 Å². The van der Waals surface area contributed by atoms with E-state index in [1.807, 2.05) is 19.1 Å². The van der Waals surface area contributed by atoms with Gasteiger partial charge in [-0.2, -0.15) is 0 Å². The Kier molecular flexibility index (Phi) is 4.48. The molecule has 0 unspecified atom stereocenters. The highest BCUT2D eigenvalue weighted by molar-refractivity contribution is 7.18. The Morgan fingerprint density at radius 1 is 1.52 bits per heavy atom. The van der Waals surface area contributed by atoms with Crippen LogP contribution in [0.3, 0.4) is 0 Å². The summed E-state index contributed by atoms with van der Waals surface area (Å²) < 4.78 is 5.34. The second kappa shape index (κ2) is 6.77. The topological polar surface area (TPSA) is 70.9 Å². The Balaban J connectivity index is 1.55. The van der Waals surface area contributed by atoms with Crippen molar-refractivity contribution in [1.29, 1.82) is 0 Å². The smallest absolute Gasteiger partial charge is 0.259 e. The number of nitrogens with one attached hydrogen (secondary N) is 2. The summed E-state index contributed by atoms with van der Waals surface area (Å²) in [5.74, 6) is 2.36. The number of hydrogen-bond acceptors (Lipinski definition) is 5. The summed E-state index contributed by atoms with van der Waals surface area (Å²) >= 11 is 1.70. The Hall–Kier alpha value is -1.92. The highest BCUT2D eigenvalue weighted by Gasteiger charge is 2.23. The fraction of sp³-hybridized carbons (Fsp3) is 0.474. The molecule has 3 aromatic heterocycles. The molecule has 0 aliphatic heterocycles. The zero-order chi connectivity index (χ0) is 17.4. The molecule has 1 aliphatic carbocycles. The van der Waals surface area contributed by atoms with Gasteiger partial charge in [0.2, 0.25) is 0 Å². The van der Waals surface area contributed by atoms with Crippen LogP contribution in [0, 0.1) is 5.92 Å². The molecule has 0 radical (unpaired) electrons. The fourth-order valence-electron chi connectivity index (χ4n) is 3.53. The largest absolute Gasteiger partial charge is 0.469 e. The Bertz CT molecular complexity index is 926. The van der Waals surface area contributed by atoms with Crippen LogP contribution in [0.5, 0.6) is 0 Å². The van der Waals surface area contributed by atoms with Gasteiger partial charge in [-0.25, -0.2) is 4.98 Å². The van der Waals surface area contributed by atoms with E-state index in [0.717, 1.165) is 48.2 Å². The van der Waals surface area contributed by atoms with E-state index in [0.29, 0.717) is 11.7 Å². The van der Waals surface area contributed by atoms with E-state index in [2.05, 4.69) is 17.2 Å². The van der Waals surface area contributed by atoms with E-state index < -0.39 is 0 Å². The molecule has 0 amide bonds. The van der Waals surface area contributed by atoms with Gasteiger partial charge in [-0.1, -0.05) is 6.92 Å². The summed E-state index contributed by atoms with van der Waals surface area (Å²) in [7, 11) is 0. The number of H-pyrrole nitrogens is 1. The van der Waals surface area contributed by atoms with Crippen molar-refractivity contribution in [3.63, 3.8) is 0 Å². The first-order valence-electron chi connectivity index (χ1n) is 8.92. The number of rotatable bonds is 5. The maximum atomic E-state index is 12.6. The third-order valence-electron chi connectivity index (χ3n) is 5.00. The van der Waals surface area contributed by atoms with Gasteiger partial charge in [-0.3, -0.25) is 4.79 Å². The van der Waals surface area contributed by atoms with E-state index >= 15 is 0 Å². The standard InChI is InChI=1S/C19H23N3O2S/c1-11-5-6-14-15(10-11)25-19-16(14)18(23)21-17(22-19)12(2)20-8-7-13-4-3-9-24-13/h3-4,9,11-12,20H,5-8,10H2,1-2H3,(H,21,22,23)/t11-,12+/m1/s1. The SMILES string of the molecule is C[C@@H]1CCc2c(sc3nc([C@H](C)NCCc4ccco4)[nH]c(=O)c23)C1. The number of nitrogens with zero attached hydrogens (tertiary/aromatic N) is 1. The highest BCUT2D eigenvalue weighted by Crippen LogP contribution is 2.35. The lowest BCUT2D eigenvalue weighted by molar-refractivity contribution is 0.480. The van der Waals surface area contributed by atoms with Gasteiger partial charge in [0.1, 0.15) is 16.4 Å². The molecule has 3 aromatic rings. The van der Waals surface area contributed by atoms with Crippen molar-refractivity contribution >= 4 is 21.6 Å². The summed E-state index contributed by atoms with van der Waals surface area (Å²) in [5, 5.41) is 4.23. The van der Waals surface area contributed by atoms with Crippen LogP contribution >= 0.6 is 11.3 Å². The maximum absolute atomic E-state index is 12.6. The molecular weight excluding hydrogens is 334 g/mol. The van der Waals surface area contributed by atoms with Crippen molar-refractivity contribution in [2.24, 2.45) is 5.92 Å². The quantitative estimate of drug-likeness (QED) is 0.732. The summed E-state index contributed by atoms with van der Waals surface area (Å²) in [4.78, 5) is 22.6. The molecule has 1 aliphatic rings. The zero-order valence-electron chi connectivity index (χ0n) is 14.6. The van der Waals surface area contributed by atoms with Crippen molar-refractivity contribution in [3.05, 3.63) is 50.8 Å². The lowest BCUT2D eigenvalue weighted by Gasteiger charge is -2.17. The van der Waals surface area contributed by atoms with Crippen LogP contribution in [0.1, 0.15) is 48.3 Å². The zero-order valence-corrected chi connectivity index (χ0v) is 15.4. The molecule has 3 heterocycles. The van der Waals surface area contributed by atoms with Gasteiger partial charge in [0.05, 0.1) is 17.7 Å². The first-order chi connectivity index (χ1) is 12.1. The number of aromatic amines is 1. The molecular formula is C19H23N3O2S. The first kappa shape index (κ1) is 16.5. The lowest BCUT2D eigenvalue weighted by atomic mass is 9.89. The highest BCUT2D eigenvalue weighted by atomic mass is 32.1. The maximum Gasteiger partial charge on any atom is 0.259 e. The van der Waals surface area contributed by atoms with Gasteiger partial charge in [-0.15, -0.1) is 11.3 Å². The third-order valence-corrected chi connectivity index (χ3v) is 6.14. The van der Waals surface area contributed by atoms with Gasteiger partial charge in [0.25, 0.3) is 5.56 Å². The van der Waals surface area contributed by atoms with Gasteiger partial charge in [-0.05, 0) is 49.8 Å². The monoisotopic (exact) mass is 357 g/mol. The average molecular weight is 357 g/mol. The Labute approximate surface area is 150 Å². The normalized spacial score (nSPS) is 18.4. The fourth-order valence-corrected chi connectivity index (χ4v) is 4.92. The van der Waals surface area contributed by atoms with Crippen LogP contribution in [-0.4, -0.2) is 16.5 Å². The number of fused-ring (bicyclic) bond motifs is 3. The van der Waals surface area contributed by atoms with Crippen LogP contribution in [0.25, 0.3) is 10.2 Å². The van der Waals surface area contributed by atoms with Gasteiger partial charge < -0.3 is 14.7 Å². The minimum Gasteiger partial charge on any atom is -0.469 e. The lowest BCUT2D eigenvalue weighted by Crippen LogP contribution is -2.25. The molecule has 132 valence electrons. The molecule has 2 N–H and O–H groups in total. The van der Waals surface area contributed by atoms with Crippen LogP contribution in [0.4, 0.5) is 0 Å². The van der Waals surface area contributed by atoms with Crippen LogP contribution < -0.4 is 10.9 Å². The number of hydrogen-bond donors (Lipinski definition) is 2. The molecule has 0 saturated carbocycles. The number of aromatic nitrogens is 2. The molecule has 0 fully saturated rings. The van der Waals surface area contributed by atoms with E-state index in [9.17, 15) is 4.79 Å². The van der Waals surface area contributed by atoms with Crippen molar-refractivity contribution in [2.75, 3.05) is 6.54 Å². The Morgan fingerprint density at radius 2 is 2.40 bits per heavy atom. The molecule has 0 aromatic carbocycles. The predicted octanol–water partition coefficient (Wildman–Crippen LogP) is 3.60. The summed E-state index contributed by atoms with van der Waals surface area (Å²) in [6, 6.07) is 3.85. The van der Waals surface area contributed by atoms with Gasteiger partial charge >= 0.3 is 0 Å². The van der Waals surface area contributed by atoms with Gasteiger partial charge in [0, 0.05) is 17.8 Å². The molecule has 25 heavy (non-hydrogen) atoms. The third kappa shape index (κ3) is 3.28. The van der Waals surface area contributed by atoms with Crippen LogP contribution in [-0.2, 0) is 19.3 Å². The van der Waals surface area contributed by atoms with Crippen LogP contribution in [0.2, 0.25) is 0 Å². The van der Waals surface area contributed by atoms with Crippen molar-refractivity contribution in [2.45, 2.75) is 45.6 Å². The number of thiophene rings is 1. The second-order valence-electron chi connectivity index (χ2n) is 6.99. The predicted molar refractivity (Wildman–Crippen MR) is 100 cm³/mol. The number of aryl methyl sites for hydroxylation is 1. The van der Waals surface area contributed by atoms with Gasteiger partial charge in [0.15, 0.2) is 0 Å². The minimum absolute atomic E-state index is 0.00624. The summed E-state index contributed by atoms with van der Waals surface area (Å²) in [6.07, 6.45) is 5.73. The van der Waals surface area contributed by atoms with E-state index in [4.69, 9.17) is 9.40 Å². The van der Waals surface area contributed by atoms with E-state index in [-0.39, 0.29) is 11.6 Å². The van der Waals surface area contributed by atoms with E-state index in [1.54, 1.807) is 17.6 Å². The average Bonchev–Trinajstić information content (AvgIpc) is 3.21. The number of furan rings is 1. The molecule has 2 atom stereocenters. The molecule has 0 saturated heterocycles. The molecule has 0 spiro atoms. The van der Waals surface area contributed by atoms with Crippen molar-refractivity contribution in [1.82, 2.24) is 15.3 Å². The first-order valence-corrected chi connectivity index (χ1v) is 9.73. The minimum atomic E-state index is -0.00915. The van der Waals surface area contributed by atoms with Crippen LogP contribution in [0.15, 0.2) is 27.6 Å². The van der Waals surface area contributed by atoms with Crippen molar-refractivity contribution < 1.29 is 4.42 Å². The second-order valence-corrected chi connectivity index (χ2v) is 8.07. The molecule has 0 bridgehead atoms. The molecule has 6 heteroatoms. The summed E-state index contributed by atoms with van der Waals surface area (Å²) in [6.45, 7) is 5.08.